The average molecular weight is 337 g/mol. The van der Waals surface area contributed by atoms with Crippen LogP contribution in [0.1, 0.15) is 47.1 Å². The summed E-state index contributed by atoms with van der Waals surface area (Å²) in [6, 6.07) is 10.3. The van der Waals surface area contributed by atoms with Gasteiger partial charge in [0.05, 0.1) is 11.9 Å². The molecule has 3 aromatic rings. The van der Waals surface area contributed by atoms with Crippen molar-refractivity contribution in [1.82, 2.24) is 15.0 Å². The largest absolute Gasteiger partial charge is 0.481 e. The molecule has 0 spiro atoms. The molecule has 5 nitrogen and oxygen atoms in total. The number of carboxylic acid groups (broad SMARTS) is 1. The molecule has 3 rings (SSSR count). The number of benzene rings is 2. The molecule has 1 aromatic heterocycles. The number of fused-ring (bicyclic) bond motifs is 1. The highest BCUT2D eigenvalue weighted by Crippen LogP contribution is 2.34. The first-order valence-corrected chi connectivity index (χ1v) is 8.52. The molecular weight excluding hydrogens is 314 g/mol. The van der Waals surface area contributed by atoms with Gasteiger partial charge in [-0.05, 0) is 54.2 Å². The van der Waals surface area contributed by atoms with Crippen LogP contribution in [0.2, 0.25) is 0 Å². The van der Waals surface area contributed by atoms with Gasteiger partial charge in [0, 0.05) is 13.0 Å². The van der Waals surface area contributed by atoms with Gasteiger partial charge in [0.1, 0.15) is 5.52 Å². The summed E-state index contributed by atoms with van der Waals surface area (Å²) in [5.74, 6) is -1.00. The molecule has 2 aromatic carbocycles. The Hall–Kier alpha value is -2.69. The SMILES string of the molecule is CCc1cc([C@@H](CC(=O)O)c2ccc3c(nnn3C)c2C)ccc1C. The summed E-state index contributed by atoms with van der Waals surface area (Å²) in [5.41, 5.74) is 7.31. The Balaban J connectivity index is 2.16. The summed E-state index contributed by atoms with van der Waals surface area (Å²) < 4.78 is 1.74. The Labute approximate surface area is 147 Å². The molecule has 0 aliphatic heterocycles. The van der Waals surface area contributed by atoms with Crippen LogP contribution in [0.4, 0.5) is 0 Å². The number of hydrogen-bond acceptors (Lipinski definition) is 3. The van der Waals surface area contributed by atoms with E-state index in [1.165, 1.54) is 11.1 Å². The van der Waals surface area contributed by atoms with Crippen molar-refractivity contribution in [3.63, 3.8) is 0 Å². The molecule has 0 unspecified atom stereocenters. The Morgan fingerprint density at radius 2 is 2.00 bits per heavy atom. The Morgan fingerprint density at radius 3 is 2.68 bits per heavy atom. The smallest absolute Gasteiger partial charge is 0.304 e. The van der Waals surface area contributed by atoms with Gasteiger partial charge in [0.15, 0.2) is 0 Å². The summed E-state index contributed by atoms with van der Waals surface area (Å²) in [6.45, 7) is 6.21. The van der Waals surface area contributed by atoms with E-state index in [2.05, 4.69) is 36.3 Å². The van der Waals surface area contributed by atoms with Gasteiger partial charge in [-0.15, -0.1) is 5.10 Å². The van der Waals surface area contributed by atoms with Crippen molar-refractivity contribution < 1.29 is 9.90 Å². The number of aromatic nitrogens is 3. The van der Waals surface area contributed by atoms with E-state index in [1.807, 2.05) is 32.2 Å². The van der Waals surface area contributed by atoms with E-state index < -0.39 is 5.97 Å². The number of carbonyl (C=O) groups is 1. The normalized spacial score (nSPS) is 12.5. The molecule has 1 atom stereocenters. The van der Waals surface area contributed by atoms with Gasteiger partial charge < -0.3 is 5.11 Å². The molecule has 0 amide bonds. The van der Waals surface area contributed by atoms with Crippen LogP contribution < -0.4 is 0 Å². The minimum Gasteiger partial charge on any atom is -0.481 e. The predicted octanol–water partition coefficient (Wildman–Crippen LogP) is 3.75. The van der Waals surface area contributed by atoms with Gasteiger partial charge in [-0.2, -0.15) is 0 Å². The number of rotatable bonds is 5. The maximum absolute atomic E-state index is 11.5. The van der Waals surface area contributed by atoms with Crippen LogP contribution in [0.5, 0.6) is 0 Å². The first-order valence-electron chi connectivity index (χ1n) is 8.52. The monoisotopic (exact) mass is 337 g/mol. The average Bonchev–Trinajstić information content (AvgIpc) is 2.96. The number of aryl methyl sites for hydroxylation is 4. The highest BCUT2D eigenvalue weighted by Gasteiger charge is 2.22. The van der Waals surface area contributed by atoms with Crippen LogP contribution in [-0.2, 0) is 18.3 Å². The van der Waals surface area contributed by atoms with Gasteiger partial charge >= 0.3 is 5.97 Å². The van der Waals surface area contributed by atoms with Crippen LogP contribution >= 0.6 is 0 Å². The van der Waals surface area contributed by atoms with Crippen LogP contribution in [0.3, 0.4) is 0 Å². The summed E-state index contributed by atoms with van der Waals surface area (Å²) in [5, 5.41) is 17.8. The van der Waals surface area contributed by atoms with Crippen molar-refractivity contribution in [3.8, 4) is 0 Å². The van der Waals surface area contributed by atoms with Gasteiger partial charge in [0.25, 0.3) is 0 Å². The third-order valence-corrected chi connectivity index (χ3v) is 4.99. The molecule has 0 radical (unpaired) electrons. The summed E-state index contributed by atoms with van der Waals surface area (Å²) >= 11 is 0. The van der Waals surface area contributed by atoms with Crippen molar-refractivity contribution >= 4 is 17.0 Å². The topological polar surface area (TPSA) is 68.0 Å². The fraction of sp³-hybridized carbons (Fsp3) is 0.350. The minimum atomic E-state index is -0.803. The van der Waals surface area contributed by atoms with Crippen molar-refractivity contribution in [3.05, 3.63) is 58.1 Å². The van der Waals surface area contributed by atoms with Gasteiger partial charge in [-0.25, -0.2) is 4.68 Å². The Kier molecular flexibility index (Phi) is 4.57. The van der Waals surface area contributed by atoms with Crippen molar-refractivity contribution in [2.45, 2.75) is 39.5 Å². The molecule has 0 fully saturated rings. The molecule has 130 valence electrons. The molecule has 25 heavy (non-hydrogen) atoms. The minimum absolute atomic E-state index is 0.0544. The molecular formula is C20H23N3O2. The van der Waals surface area contributed by atoms with Crippen LogP contribution in [0.15, 0.2) is 30.3 Å². The van der Waals surface area contributed by atoms with Crippen LogP contribution in [0.25, 0.3) is 11.0 Å². The quantitative estimate of drug-likeness (QED) is 0.770. The van der Waals surface area contributed by atoms with E-state index >= 15 is 0 Å². The number of nitrogens with zero attached hydrogens (tertiary/aromatic N) is 3. The lowest BCUT2D eigenvalue weighted by Crippen LogP contribution is -2.10. The number of hydrogen-bond donors (Lipinski definition) is 1. The molecule has 0 bridgehead atoms. The second-order valence-electron chi connectivity index (χ2n) is 6.55. The standard InChI is InChI=1S/C20H23N3O2/c1-5-14-10-15(7-6-12(14)2)17(11-19(24)25)16-8-9-18-20(13(16)3)21-22-23(18)4/h6-10,17H,5,11H2,1-4H3,(H,24,25)/t17-/m1/s1. The number of carboxylic acids is 1. The van der Waals surface area contributed by atoms with Crippen molar-refractivity contribution in [1.29, 1.82) is 0 Å². The molecule has 0 aliphatic carbocycles. The summed E-state index contributed by atoms with van der Waals surface area (Å²) in [7, 11) is 1.86. The third kappa shape index (κ3) is 3.14. The first-order chi connectivity index (χ1) is 11.9. The molecule has 5 heteroatoms. The van der Waals surface area contributed by atoms with E-state index in [0.29, 0.717) is 0 Å². The summed E-state index contributed by atoms with van der Waals surface area (Å²) in [6.07, 6.45) is 0.987. The van der Waals surface area contributed by atoms with Crippen LogP contribution in [-0.4, -0.2) is 26.1 Å². The maximum Gasteiger partial charge on any atom is 0.304 e. The van der Waals surface area contributed by atoms with E-state index in [-0.39, 0.29) is 12.3 Å². The fourth-order valence-electron chi connectivity index (χ4n) is 3.50. The van der Waals surface area contributed by atoms with E-state index in [0.717, 1.165) is 34.1 Å². The van der Waals surface area contributed by atoms with Crippen molar-refractivity contribution in [2.75, 3.05) is 0 Å². The zero-order valence-electron chi connectivity index (χ0n) is 15.1. The lowest BCUT2D eigenvalue weighted by atomic mass is 9.84. The zero-order chi connectivity index (χ0) is 18.1. The zero-order valence-corrected chi connectivity index (χ0v) is 15.1. The summed E-state index contributed by atoms with van der Waals surface area (Å²) in [4.78, 5) is 11.5. The lowest BCUT2D eigenvalue weighted by molar-refractivity contribution is -0.137. The first kappa shape index (κ1) is 17.1. The van der Waals surface area contributed by atoms with E-state index in [9.17, 15) is 9.90 Å². The number of aliphatic carboxylic acids is 1. The van der Waals surface area contributed by atoms with Crippen LogP contribution in [0, 0.1) is 13.8 Å². The second-order valence-corrected chi connectivity index (χ2v) is 6.55. The van der Waals surface area contributed by atoms with Gasteiger partial charge in [-0.3, -0.25) is 4.79 Å². The highest BCUT2D eigenvalue weighted by molar-refractivity contribution is 5.80. The molecule has 0 saturated carbocycles. The Morgan fingerprint density at radius 1 is 1.24 bits per heavy atom. The van der Waals surface area contributed by atoms with Crippen molar-refractivity contribution in [2.24, 2.45) is 7.05 Å². The van der Waals surface area contributed by atoms with E-state index in [4.69, 9.17) is 0 Å². The molecule has 0 saturated heterocycles. The lowest BCUT2D eigenvalue weighted by Gasteiger charge is -2.20. The van der Waals surface area contributed by atoms with E-state index in [1.54, 1.807) is 4.68 Å². The maximum atomic E-state index is 11.5. The third-order valence-electron chi connectivity index (χ3n) is 4.99. The van der Waals surface area contributed by atoms with Gasteiger partial charge in [-0.1, -0.05) is 36.4 Å². The molecule has 1 heterocycles. The second kappa shape index (κ2) is 6.67. The molecule has 1 N–H and O–H groups in total. The van der Waals surface area contributed by atoms with Gasteiger partial charge in [0.2, 0.25) is 0 Å². The fourth-order valence-corrected chi connectivity index (χ4v) is 3.50. The predicted molar refractivity (Wildman–Crippen MR) is 97.9 cm³/mol. The Bertz CT molecular complexity index is 944. The molecule has 0 aliphatic rings. The highest BCUT2D eigenvalue weighted by atomic mass is 16.4.